The lowest BCUT2D eigenvalue weighted by Crippen LogP contribution is -2.31. The Hall–Kier alpha value is -1.96. The number of hydrogen-bond acceptors (Lipinski definition) is 6. The zero-order valence-corrected chi connectivity index (χ0v) is 11.2. The molecule has 2 aromatic rings. The molecule has 2 heterocycles. The first-order valence-electron chi connectivity index (χ1n) is 5.34. The summed E-state index contributed by atoms with van der Waals surface area (Å²) in [6.45, 7) is 2.06. The summed E-state index contributed by atoms with van der Waals surface area (Å²) in [7, 11) is 3.66. The van der Waals surface area contributed by atoms with Crippen LogP contribution in [0.15, 0.2) is 11.6 Å². The van der Waals surface area contributed by atoms with Crippen molar-refractivity contribution in [2.45, 2.75) is 6.92 Å². The van der Waals surface area contributed by atoms with Crippen LogP contribution in [0, 0.1) is 6.92 Å². The van der Waals surface area contributed by atoms with Crippen LogP contribution in [0.4, 0.5) is 11.1 Å². The Bertz CT molecular complexity index is 535. The zero-order chi connectivity index (χ0) is 13.1. The maximum Gasteiger partial charge on any atom is 0.245 e. The number of rotatable bonds is 4. The van der Waals surface area contributed by atoms with Gasteiger partial charge in [-0.1, -0.05) is 0 Å². The lowest BCUT2D eigenvalue weighted by molar-refractivity contribution is -0.114. The third kappa shape index (κ3) is 2.65. The van der Waals surface area contributed by atoms with Gasteiger partial charge in [-0.3, -0.25) is 4.79 Å². The summed E-state index contributed by atoms with van der Waals surface area (Å²) in [4.78, 5) is 17.5. The highest BCUT2D eigenvalue weighted by atomic mass is 32.1. The van der Waals surface area contributed by atoms with E-state index in [0.29, 0.717) is 11.1 Å². The number of anilines is 2. The van der Waals surface area contributed by atoms with E-state index in [-0.39, 0.29) is 12.5 Å². The first kappa shape index (κ1) is 12.5. The number of likely N-dealkylation sites (N-methyl/N-ethyl adjacent to an activating group) is 1. The fourth-order valence-electron chi connectivity index (χ4n) is 1.46. The van der Waals surface area contributed by atoms with Crippen LogP contribution < -0.4 is 10.2 Å². The Kier molecular flexibility index (Phi) is 3.56. The molecule has 7 nitrogen and oxygen atoms in total. The van der Waals surface area contributed by atoms with Crippen LogP contribution in [0.2, 0.25) is 0 Å². The quantitative estimate of drug-likeness (QED) is 0.879. The van der Waals surface area contributed by atoms with Crippen molar-refractivity contribution in [1.82, 2.24) is 19.7 Å². The molecule has 8 heteroatoms. The van der Waals surface area contributed by atoms with Gasteiger partial charge in [0, 0.05) is 25.7 Å². The number of carbonyl (C=O) groups excluding carboxylic acids is 1. The predicted octanol–water partition coefficient (Wildman–Crippen LogP) is 0.655. The van der Waals surface area contributed by atoms with Crippen molar-refractivity contribution < 1.29 is 4.79 Å². The molecule has 0 radical (unpaired) electrons. The molecule has 0 aromatic carbocycles. The number of nitrogens with zero attached hydrogens (tertiary/aromatic N) is 5. The molecular formula is C10H14N6OS. The Morgan fingerprint density at radius 1 is 1.56 bits per heavy atom. The van der Waals surface area contributed by atoms with Gasteiger partial charge >= 0.3 is 0 Å². The molecule has 0 unspecified atom stereocenters. The highest BCUT2D eigenvalue weighted by Gasteiger charge is 2.14. The van der Waals surface area contributed by atoms with E-state index in [1.807, 2.05) is 23.9 Å². The number of aromatic nitrogens is 4. The molecule has 0 saturated carbocycles. The van der Waals surface area contributed by atoms with Crippen molar-refractivity contribution in [3.63, 3.8) is 0 Å². The van der Waals surface area contributed by atoms with E-state index in [2.05, 4.69) is 20.5 Å². The fourth-order valence-corrected chi connectivity index (χ4v) is 2.00. The van der Waals surface area contributed by atoms with Gasteiger partial charge in [0.05, 0.1) is 6.54 Å². The molecule has 0 aliphatic heterocycles. The average molecular weight is 266 g/mol. The van der Waals surface area contributed by atoms with Crippen molar-refractivity contribution in [1.29, 1.82) is 0 Å². The molecule has 1 N–H and O–H groups in total. The van der Waals surface area contributed by atoms with Crippen LogP contribution >= 0.6 is 11.3 Å². The molecule has 1 amide bonds. The lowest BCUT2D eigenvalue weighted by Gasteiger charge is -2.16. The first-order valence-corrected chi connectivity index (χ1v) is 6.22. The smallest absolute Gasteiger partial charge is 0.245 e. The summed E-state index contributed by atoms with van der Waals surface area (Å²) >= 11 is 1.39. The van der Waals surface area contributed by atoms with Gasteiger partial charge in [-0.2, -0.15) is 0 Å². The minimum Gasteiger partial charge on any atom is -0.335 e. The van der Waals surface area contributed by atoms with Crippen molar-refractivity contribution in [3.8, 4) is 0 Å². The molecule has 2 aromatic heterocycles. The molecule has 0 aliphatic rings. The van der Waals surface area contributed by atoms with E-state index >= 15 is 0 Å². The molecule has 0 saturated heterocycles. The van der Waals surface area contributed by atoms with E-state index in [1.165, 1.54) is 11.3 Å². The summed E-state index contributed by atoms with van der Waals surface area (Å²) in [6, 6.07) is 0. The van der Waals surface area contributed by atoms with E-state index < -0.39 is 0 Å². The van der Waals surface area contributed by atoms with E-state index in [4.69, 9.17) is 0 Å². The minimum absolute atomic E-state index is 0.131. The number of aryl methyl sites for hydroxylation is 1. The predicted molar refractivity (Wildman–Crippen MR) is 69.8 cm³/mol. The van der Waals surface area contributed by atoms with Crippen LogP contribution in [-0.2, 0) is 11.8 Å². The van der Waals surface area contributed by atoms with Crippen LogP contribution in [0.25, 0.3) is 0 Å². The van der Waals surface area contributed by atoms with Crippen molar-refractivity contribution in [2.24, 2.45) is 7.05 Å². The highest BCUT2D eigenvalue weighted by molar-refractivity contribution is 7.13. The zero-order valence-electron chi connectivity index (χ0n) is 10.4. The van der Waals surface area contributed by atoms with Crippen LogP contribution in [0.3, 0.4) is 0 Å². The normalized spacial score (nSPS) is 10.4. The van der Waals surface area contributed by atoms with E-state index in [1.54, 1.807) is 18.1 Å². The summed E-state index contributed by atoms with van der Waals surface area (Å²) < 4.78 is 1.83. The SMILES string of the molecule is Cc1nnc(N(C)CC(=O)Nc2nccs2)n1C. The second kappa shape index (κ2) is 5.13. The second-order valence-electron chi connectivity index (χ2n) is 3.85. The summed E-state index contributed by atoms with van der Waals surface area (Å²) in [5.41, 5.74) is 0. The third-order valence-corrected chi connectivity index (χ3v) is 3.16. The maximum atomic E-state index is 11.8. The van der Waals surface area contributed by atoms with Crippen molar-refractivity contribution >= 4 is 28.3 Å². The van der Waals surface area contributed by atoms with E-state index in [0.717, 1.165) is 5.82 Å². The molecule has 2 rings (SSSR count). The molecule has 18 heavy (non-hydrogen) atoms. The number of nitrogens with one attached hydrogen (secondary N) is 1. The number of carbonyl (C=O) groups is 1. The molecule has 96 valence electrons. The van der Waals surface area contributed by atoms with Crippen molar-refractivity contribution in [2.75, 3.05) is 23.8 Å². The summed E-state index contributed by atoms with van der Waals surface area (Å²) in [6.07, 6.45) is 1.65. The molecule has 0 spiro atoms. The Balaban J connectivity index is 1.97. The van der Waals surface area contributed by atoms with Gasteiger partial charge in [-0.25, -0.2) is 4.98 Å². The third-order valence-electron chi connectivity index (χ3n) is 2.47. The Labute approximate surface area is 108 Å². The highest BCUT2D eigenvalue weighted by Crippen LogP contribution is 2.11. The number of thiazole rings is 1. The molecule has 0 atom stereocenters. The van der Waals surface area contributed by atoms with Crippen molar-refractivity contribution in [3.05, 3.63) is 17.4 Å². The van der Waals surface area contributed by atoms with Crippen LogP contribution in [0.1, 0.15) is 5.82 Å². The van der Waals surface area contributed by atoms with Gasteiger partial charge in [-0.05, 0) is 6.92 Å². The summed E-state index contributed by atoms with van der Waals surface area (Å²) in [5, 5.41) is 13.1. The number of amides is 1. The number of hydrogen-bond donors (Lipinski definition) is 1. The Morgan fingerprint density at radius 2 is 2.33 bits per heavy atom. The lowest BCUT2D eigenvalue weighted by atomic mass is 10.5. The molecule has 0 aliphatic carbocycles. The minimum atomic E-state index is -0.131. The first-order chi connectivity index (χ1) is 8.58. The fraction of sp³-hybridized carbons (Fsp3) is 0.400. The topological polar surface area (TPSA) is 75.9 Å². The second-order valence-corrected chi connectivity index (χ2v) is 4.74. The Morgan fingerprint density at radius 3 is 2.89 bits per heavy atom. The van der Waals surface area contributed by atoms with Gasteiger partial charge in [0.1, 0.15) is 5.82 Å². The van der Waals surface area contributed by atoms with Gasteiger partial charge in [-0.15, -0.1) is 21.5 Å². The molecule has 0 fully saturated rings. The van der Waals surface area contributed by atoms with Crippen LogP contribution in [0.5, 0.6) is 0 Å². The standard InChI is InChI=1S/C10H14N6OS/c1-7-13-14-10(16(7)3)15(2)6-8(17)12-9-11-4-5-18-9/h4-5H,6H2,1-3H3,(H,11,12,17). The average Bonchev–Trinajstić information content (AvgIpc) is 2.91. The van der Waals surface area contributed by atoms with Gasteiger partial charge in [0.2, 0.25) is 11.9 Å². The van der Waals surface area contributed by atoms with Crippen LogP contribution in [-0.4, -0.2) is 39.2 Å². The monoisotopic (exact) mass is 266 g/mol. The van der Waals surface area contributed by atoms with Gasteiger partial charge in [0.25, 0.3) is 0 Å². The molecule has 0 bridgehead atoms. The molecular weight excluding hydrogens is 252 g/mol. The maximum absolute atomic E-state index is 11.8. The largest absolute Gasteiger partial charge is 0.335 e. The van der Waals surface area contributed by atoms with Gasteiger partial charge < -0.3 is 14.8 Å². The van der Waals surface area contributed by atoms with Gasteiger partial charge in [0.15, 0.2) is 5.13 Å². The van der Waals surface area contributed by atoms with E-state index in [9.17, 15) is 4.79 Å². The summed E-state index contributed by atoms with van der Waals surface area (Å²) in [5.74, 6) is 1.33.